The van der Waals surface area contributed by atoms with Crippen molar-refractivity contribution in [1.29, 1.82) is 0 Å². The van der Waals surface area contributed by atoms with Gasteiger partial charge in [-0.1, -0.05) is 45.8 Å². The lowest BCUT2D eigenvalue weighted by Crippen LogP contribution is -2.13. The van der Waals surface area contributed by atoms with Crippen LogP contribution in [0.1, 0.15) is 21.5 Å². The van der Waals surface area contributed by atoms with Crippen LogP contribution in [0.25, 0.3) is 6.08 Å². The predicted molar refractivity (Wildman–Crippen MR) is 96.2 cm³/mol. The zero-order valence-electron chi connectivity index (χ0n) is 13.4. The fourth-order valence-corrected chi connectivity index (χ4v) is 2.43. The maximum Gasteiger partial charge on any atom is 0.337 e. The molecule has 0 aromatic heterocycles. The van der Waals surface area contributed by atoms with Crippen molar-refractivity contribution in [2.45, 2.75) is 6.92 Å². The maximum atomic E-state index is 12.0. The zero-order chi connectivity index (χ0) is 17.5. The number of aryl methyl sites for hydroxylation is 1. The summed E-state index contributed by atoms with van der Waals surface area (Å²) in [5.74, 6) is -0.0627. The molecule has 24 heavy (non-hydrogen) atoms. The summed E-state index contributed by atoms with van der Waals surface area (Å²) >= 11 is 3.30. The van der Waals surface area contributed by atoms with Gasteiger partial charge in [0.25, 0.3) is 0 Å². The standard InChI is InChI=1S/C19H17BrO4/c1-13-3-5-14(6-4-13)9-16(19(22)23-2)12-24-18-8-7-17(20)10-15(18)11-21/h3-11H,12H2,1-2H3/b16-9+. The van der Waals surface area contributed by atoms with Crippen molar-refractivity contribution in [3.05, 3.63) is 69.2 Å². The third kappa shape index (κ3) is 4.80. The highest BCUT2D eigenvalue weighted by molar-refractivity contribution is 9.10. The summed E-state index contributed by atoms with van der Waals surface area (Å²) in [7, 11) is 1.32. The minimum absolute atomic E-state index is 0.00300. The summed E-state index contributed by atoms with van der Waals surface area (Å²) in [5.41, 5.74) is 2.77. The molecule has 2 rings (SSSR count). The highest BCUT2D eigenvalue weighted by Crippen LogP contribution is 2.22. The number of carbonyl (C=O) groups is 2. The van der Waals surface area contributed by atoms with E-state index in [9.17, 15) is 9.59 Å². The van der Waals surface area contributed by atoms with E-state index in [1.165, 1.54) is 7.11 Å². The van der Waals surface area contributed by atoms with Crippen LogP contribution in [0.3, 0.4) is 0 Å². The van der Waals surface area contributed by atoms with E-state index in [1.54, 1.807) is 24.3 Å². The Kier molecular flexibility index (Phi) is 6.32. The van der Waals surface area contributed by atoms with Crippen LogP contribution in [-0.4, -0.2) is 26.0 Å². The van der Waals surface area contributed by atoms with Crippen molar-refractivity contribution in [1.82, 2.24) is 0 Å². The van der Waals surface area contributed by atoms with E-state index >= 15 is 0 Å². The van der Waals surface area contributed by atoms with Crippen LogP contribution in [0.15, 0.2) is 52.5 Å². The largest absolute Gasteiger partial charge is 0.488 e. The molecule has 124 valence electrons. The molecule has 2 aromatic carbocycles. The molecule has 0 aliphatic heterocycles. The fourth-order valence-electron chi connectivity index (χ4n) is 2.05. The fraction of sp³-hybridized carbons (Fsp3) is 0.158. The van der Waals surface area contributed by atoms with Crippen LogP contribution in [0.4, 0.5) is 0 Å². The molecule has 0 saturated heterocycles. The average molecular weight is 389 g/mol. The Labute approximate surface area is 149 Å². The van der Waals surface area contributed by atoms with E-state index in [2.05, 4.69) is 15.9 Å². The second kappa shape index (κ2) is 8.45. The van der Waals surface area contributed by atoms with Gasteiger partial charge in [-0.15, -0.1) is 0 Å². The Morgan fingerprint density at radius 2 is 1.88 bits per heavy atom. The van der Waals surface area contributed by atoms with Gasteiger partial charge in [0.15, 0.2) is 6.29 Å². The number of ether oxygens (including phenoxy) is 2. The van der Waals surface area contributed by atoms with E-state index in [0.29, 0.717) is 23.2 Å². The molecule has 4 nitrogen and oxygen atoms in total. The summed E-state index contributed by atoms with van der Waals surface area (Å²) in [6, 6.07) is 12.8. The monoisotopic (exact) mass is 388 g/mol. The van der Waals surface area contributed by atoms with Crippen LogP contribution in [0.5, 0.6) is 5.75 Å². The molecule has 0 aliphatic carbocycles. The van der Waals surface area contributed by atoms with Gasteiger partial charge >= 0.3 is 5.97 Å². The van der Waals surface area contributed by atoms with Crippen molar-refractivity contribution in [3.8, 4) is 5.75 Å². The average Bonchev–Trinajstić information content (AvgIpc) is 2.60. The minimum Gasteiger partial charge on any atom is -0.488 e. The number of rotatable bonds is 6. The molecule has 0 aliphatic rings. The Bertz CT molecular complexity index is 763. The first-order chi connectivity index (χ1) is 11.5. The van der Waals surface area contributed by atoms with Crippen molar-refractivity contribution in [3.63, 3.8) is 0 Å². The number of benzene rings is 2. The lowest BCUT2D eigenvalue weighted by atomic mass is 10.1. The van der Waals surface area contributed by atoms with E-state index in [0.717, 1.165) is 15.6 Å². The molecule has 0 unspecified atom stereocenters. The van der Waals surface area contributed by atoms with Gasteiger partial charge in [0.05, 0.1) is 18.2 Å². The molecule has 0 saturated carbocycles. The number of methoxy groups -OCH3 is 1. The number of aldehydes is 1. The predicted octanol–water partition coefficient (Wildman–Crippen LogP) is 4.21. The number of hydrogen-bond acceptors (Lipinski definition) is 4. The summed E-state index contributed by atoms with van der Waals surface area (Å²) in [6.45, 7) is 2.00. The topological polar surface area (TPSA) is 52.6 Å². The molecule has 0 amide bonds. The minimum atomic E-state index is -0.472. The Morgan fingerprint density at radius 3 is 2.50 bits per heavy atom. The molecule has 0 fully saturated rings. The quantitative estimate of drug-likeness (QED) is 0.422. The van der Waals surface area contributed by atoms with Crippen LogP contribution in [-0.2, 0) is 9.53 Å². The molecule has 0 N–H and O–H groups in total. The number of hydrogen-bond donors (Lipinski definition) is 0. The molecular formula is C19H17BrO4. The smallest absolute Gasteiger partial charge is 0.337 e. The Balaban J connectivity index is 2.22. The SMILES string of the molecule is COC(=O)/C(=C/c1ccc(C)cc1)COc1ccc(Br)cc1C=O. The molecule has 0 radical (unpaired) electrons. The number of esters is 1. The normalized spacial score (nSPS) is 11.0. The van der Waals surface area contributed by atoms with Crippen molar-refractivity contribution >= 4 is 34.3 Å². The lowest BCUT2D eigenvalue weighted by Gasteiger charge is -2.11. The van der Waals surface area contributed by atoms with Gasteiger partial charge in [0.1, 0.15) is 12.4 Å². The second-order valence-corrected chi connectivity index (χ2v) is 6.08. The molecule has 0 spiro atoms. The van der Waals surface area contributed by atoms with E-state index in [4.69, 9.17) is 9.47 Å². The van der Waals surface area contributed by atoms with Crippen molar-refractivity contribution in [2.75, 3.05) is 13.7 Å². The maximum absolute atomic E-state index is 12.0. The molecule has 0 heterocycles. The zero-order valence-corrected chi connectivity index (χ0v) is 15.0. The third-order valence-electron chi connectivity index (χ3n) is 3.35. The van der Waals surface area contributed by atoms with Crippen LogP contribution >= 0.6 is 15.9 Å². The lowest BCUT2D eigenvalue weighted by molar-refractivity contribution is -0.136. The first kappa shape index (κ1) is 17.9. The highest BCUT2D eigenvalue weighted by Gasteiger charge is 2.12. The summed E-state index contributed by atoms with van der Waals surface area (Å²) < 4.78 is 11.2. The van der Waals surface area contributed by atoms with Gasteiger partial charge < -0.3 is 9.47 Å². The van der Waals surface area contributed by atoms with Crippen molar-refractivity contribution in [2.24, 2.45) is 0 Å². The summed E-state index contributed by atoms with van der Waals surface area (Å²) in [4.78, 5) is 23.1. The van der Waals surface area contributed by atoms with Crippen LogP contribution < -0.4 is 4.74 Å². The molecule has 0 atom stereocenters. The Morgan fingerprint density at radius 1 is 1.17 bits per heavy atom. The first-order valence-electron chi connectivity index (χ1n) is 7.26. The highest BCUT2D eigenvalue weighted by atomic mass is 79.9. The number of halogens is 1. The van der Waals surface area contributed by atoms with Gasteiger partial charge in [0.2, 0.25) is 0 Å². The first-order valence-corrected chi connectivity index (χ1v) is 8.06. The third-order valence-corrected chi connectivity index (χ3v) is 3.84. The van der Waals surface area contributed by atoms with Gasteiger partial charge in [-0.25, -0.2) is 4.79 Å². The molecule has 0 bridgehead atoms. The van der Waals surface area contributed by atoms with Gasteiger partial charge in [-0.2, -0.15) is 0 Å². The molecule has 2 aromatic rings. The van der Waals surface area contributed by atoms with Gasteiger partial charge in [0, 0.05) is 4.47 Å². The van der Waals surface area contributed by atoms with E-state index in [1.807, 2.05) is 31.2 Å². The van der Waals surface area contributed by atoms with Gasteiger partial charge in [-0.3, -0.25) is 4.79 Å². The molecule has 5 heteroatoms. The van der Waals surface area contributed by atoms with Crippen molar-refractivity contribution < 1.29 is 19.1 Å². The summed E-state index contributed by atoms with van der Waals surface area (Å²) in [5, 5.41) is 0. The van der Waals surface area contributed by atoms with Crippen LogP contribution in [0.2, 0.25) is 0 Å². The Hall–Kier alpha value is -2.40. The second-order valence-electron chi connectivity index (χ2n) is 5.16. The van der Waals surface area contributed by atoms with Gasteiger partial charge in [-0.05, 0) is 36.8 Å². The number of carbonyl (C=O) groups excluding carboxylic acids is 2. The van der Waals surface area contributed by atoms with Crippen LogP contribution in [0, 0.1) is 6.92 Å². The summed E-state index contributed by atoms with van der Waals surface area (Å²) in [6.07, 6.45) is 2.42. The molecular weight excluding hydrogens is 372 g/mol. The van der Waals surface area contributed by atoms with E-state index < -0.39 is 5.97 Å². The van der Waals surface area contributed by atoms with E-state index in [-0.39, 0.29) is 6.61 Å².